The number of aromatic carboxylic acids is 1. The Morgan fingerprint density at radius 3 is 1.96 bits per heavy atom. The lowest BCUT2D eigenvalue weighted by Crippen LogP contribution is -2.47. The van der Waals surface area contributed by atoms with Crippen molar-refractivity contribution < 1.29 is 23.1 Å². The molecule has 1 aromatic rings. The van der Waals surface area contributed by atoms with Gasteiger partial charge in [-0.1, -0.05) is 0 Å². The van der Waals surface area contributed by atoms with Gasteiger partial charge in [-0.05, 0) is 63.8 Å². The third-order valence-corrected chi connectivity index (χ3v) is 7.66. The highest BCUT2D eigenvalue weighted by molar-refractivity contribution is 7.89. The topological polar surface area (TPSA) is 95.0 Å². The molecule has 7 nitrogen and oxygen atoms in total. The number of carbonyl (C=O) groups excluding carboxylic acids is 1. The predicted molar refractivity (Wildman–Crippen MR) is 99.9 cm³/mol. The van der Waals surface area contributed by atoms with Gasteiger partial charge in [-0.25, -0.2) is 13.2 Å². The molecule has 2 aliphatic rings. The third kappa shape index (κ3) is 3.87. The second kappa shape index (κ2) is 7.59. The van der Waals surface area contributed by atoms with Gasteiger partial charge < -0.3 is 10.0 Å². The zero-order valence-corrected chi connectivity index (χ0v) is 16.5. The largest absolute Gasteiger partial charge is 0.478 e. The number of carbonyl (C=O) groups is 2. The number of carboxylic acid groups (broad SMARTS) is 1. The zero-order chi connectivity index (χ0) is 19.8. The highest BCUT2D eigenvalue weighted by Crippen LogP contribution is 2.30. The van der Waals surface area contributed by atoms with E-state index in [-0.39, 0.29) is 34.4 Å². The van der Waals surface area contributed by atoms with Gasteiger partial charge in [0.25, 0.3) is 0 Å². The SMILES string of the molecule is CC1CCC(C)N1C(=O)C1CCN(S(=O)(=O)c2ccc(C(=O)O)cc2)CC1. The van der Waals surface area contributed by atoms with E-state index in [2.05, 4.69) is 13.8 Å². The maximum Gasteiger partial charge on any atom is 0.335 e. The number of sulfonamides is 1. The molecule has 1 aromatic carbocycles. The predicted octanol–water partition coefficient (Wildman–Crippen LogP) is 2.18. The molecule has 2 saturated heterocycles. The molecule has 0 bridgehead atoms. The first-order valence-electron chi connectivity index (χ1n) is 9.37. The number of rotatable bonds is 4. The van der Waals surface area contributed by atoms with E-state index in [0.717, 1.165) is 12.8 Å². The normalized spacial score (nSPS) is 24.9. The van der Waals surface area contributed by atoms with Gasteiger partial charge in [0, 0.05) is 31.1 Å². The van der Waals surface area contributed by atoms with Crippen LogP contribution in [0.15, 0.2) is 29.2 Å². The fourth-order valence-electron chi connectivity index (χ4n) is 4.10. The number of amides is 1. The molecule has 0 spiro atoms. The number of benzene rings is 1. The van der Waals surface area contributed by atoms with Crippen LogP contribution in [0.2, 0.25) is 0 Å². The van der Waals surface area contributed by atoms with Gasteiger partial charge in [0.1, 0.15) is 0 Å². The van der Waals surface area contributed by atoms with Crippen LogP contribution in [0.25, 0.3) is 0 Å². The Hall–Kier alpha value is -1.93. The van der Waals surface area contributed by atoms with Crippen LogP contribution < -0.4 is 0 Å². The van der Waals surface area contributed by atoms with Gasteiger partial charge in [-0.15, -0.1) is 0 Å². The first-order chi connectivity index (χ1) is 12.7. The fourth-order valence-corrected chi connectivity index (χ4v) is 5.57. The summed E-state index contributed by atoms with van der Waals surface area (Å²) in [5, 5.41) is 8.94. The summed E-state index contributed by atoms with van der Waals surface area (Å²) >= 11 is 0. The van der Waals surface area contributed by atoms with Crippen LogP contribution in [-0.2, 0) is 14.8 Å². The Morgan fingerprint density at radius 1 is 0.963 bits per heavy atom. The standard InChI is InChI=1S/C19H26N2O5S/c1-13-3-4-14(2)21(13)18(22)15-9-11-20(12-10-15)27(25,26)17-7-5-16(6-8-17)19(23)24/h5-8,13-15H,3-4,9-12H2,1-2H3,(H,23,24). The minimum absolute atomic E-state index is 0.0482. The van der Waals surface area contributed by atoms with Gasteiger partial charge in [0.15, 0.2) is 0 Å². The quantitative estimate of drug-likeness (QED) is 0.845. The molecule has 2 heterocycles. The molecule has 2 fully saturated rings. The minimum atomic E-state index is -3.68. The lowest BCUT2D eigenvalue weighted by Gasteiger charge is -2.35. The minimum Gasteiger partial charge on any atom is -0.478 e. The summed E-state index contributed by atoms with van der Waals surface area (Å²) in [5.41, 5.74) is 0.0482. The molecule has 3 rings (SSSR count). The van der Waals surface area contributed by atoms with E-state index in [4.69, 9.17) is 5.11 Å². The summed E-state index contributed by atoms with van der Waals surface area (Å²) < 4.78 is 27.0. The molecule has 1 N–H and O–H groups in total. The summed E-state index contributed by atoms with van der Waals surface area (Å²) in [6.07, 6.45) is 3.07. The lowest BCUT2D eigenvalue weighted by molar-refractivity contribution is -0.139. The molecule has 1 amide bonds. The van der Waals surface area contributed by atoms with Crippen LogP contribution in [0, 0.1) is 5.92 Å². The summed E-state index contributed by atoms with van der Waals surface area (Å²) in [6.45, 7) is 4.75. The fraction of sp³-hybridized carbons (Fsp3) is 0.579. The van der Waals surface area contributed by atoms with E-state index in [0.29, 0.717) is 25.9 Å². The number of hydrogen-bond acceptors (Lipinski definition) is 4. The molecule has 0 aromatic heterocycles. The second-order valence-corrected chi connectivity index (χ2v) is 9.47. The molecule has 27 heavy (non-hydrogen) atoms. The van der Waals surface area contributed by atoms with Crippen molar-refractivity contribution in [1.82, 2.24) is 9.21 Å². The van der Waals surface area contributed by atoms with Crippen LogP contribution in [0.3, 0.4) is 0 Å². The number of carboxylic acids is 1. The first kappa shape index (κ1) is 19.8. The molecule has 8 heteroatoms. The Morgan fingerprint density at radius 2 is 1.48 bits per heavy atom. The average Bonchev–Trinajstić information content (AvgIpc) is 2.99. The second-order valence-electron chi connectivity index (χ2n) is 7.53. The van der Waals surface area contributed by atoms with Crippen molar-refractivity contribution in [2.75, 3.05) is 13.1 Å². The van der Waals surface area contributed by atoms with E-state index >= 15 is 0 Å². The molecular weight excluding hydrogens is 368 g/mol. The van der Waals surface area contributed by atoms with Crippen LogP contribution >= 0.6 is 0 Å². The van der Waals surface area contributed by atoms with Crippen molar-refractivity contribution >= 4 is 21.9 Å². The van der Waals surface area contributed by atoms with Crippen molar-refractivity contribution in [1.29, 1.82) is 0 Å². The summed E-state index contributed by atoms with van der Waals surface area (Å²) in [5.74, 6) is -1.08. The van der Waals surface area contributed by atoms with Gasteiger partial charge in [-0.2, -0.15) is 4.31 Å². The summed E-state index contributed by atoms with van der Waals surface area (Å²) in [7, 11) is -3.68. The van der Waals surface area contributed by atoms with Crippen molar-refractivity contribution in [2.24, 2.45) is 5.92 Å². The van der Waals surface area contributed by atoms with Gasteiger partial charge in [0.05, 0.1) is 10.5 Å². The number of piperidine rings is 1. The summed E-state index contributed by atoms with van der Waals surface area (Å²) in [4.78, 5) is 25.8. The monoisotopic (exact) mass is 394 g/mol. The van der Waals surface area contributed by atoms with Crippen molar-refractivity contribution in [3.63, 3.8) is 0 Å². The number of nitrogens with zero attached hydrogens (tertiary/aromatic N) is 2. The van der Waals surface area contributed by atoms with Crippen LogP contribution in [-0.4, -0.2) is 59.8 Å². The molecule has 148 valence electrons. The molecule has 2 atom stereocenters. The molecule has 0 saturated carbocycles. The lowest BCUT2D eigenvalue weighted by atomic mass is 9.96. The number of hydrogen-bond donors (Lipinski definition) is 1. The molecule has 0 aliphatic carbocycles. The van der Waals surface area contributed by atoms with E-state index in [9.17, 15) is 18.0 Å². The highest BCUT2D eigenvalue weighted by atomic mass is 32.2. The van der Waals surface area contributed by atoms with Crippen molar-refractivity contribution in [3.8, 4) is 0 Å². The molecule has 2 unspecified atom stereocenters. The van der Waals surface area contributed by atoms with Gasteiger partial charge in [0.2, 0.25) is 15.9 Å². The maximum absolute atomic E-state index is 12.9. The smallest absolute Gasteiger partial charge is 0.335 e. The van der Waals surface area contributed by atoms with Gasteiger partial charge in [-0.3, -0.25) is 4.79 Å². The first-order valence-corrected chi connectivity index (χ1v) is 10.8. The van der Waals surface area contributed by atoms with Crippen LogP contribution in [0.4, 0.5) is 0 Å². The van der Waals surface area contributed by atoms with E-state index in [1.165, 1.54) is 28.6 Å². The Balaban J connectivity index is 1.66. The van der Waals surface area contributed by atoms with Gasteiger partial charge >= 0.3 is 5.97 Å². The van der Waals surface area contributed by atoms with E-state index < -0.39 is 16.0 Å². The average molecular weight is 394 g/mol. The van der Waals surface area contributed by atoms with Crippen molar-refractivity contribution in [3.05, 3.63) is 29.8 Å². The van der Waals surface area contributed by atoms with Crippen LogP contribution in [0.5, 0.6) is 0 Å². The Bertz CT molecular complexity index is 803. The highest BCUT2D eigenvalue weighted by Gasteiger charge is 2.38. The maximum atomic E-state index is 12.9. The third-order valence-electron chi connectivity index (χ3n) is 5.75. The van der Waals surface area contributed by atoms with Crippen LogP contribution in [0.1, 0.15) is 49.9 Å². The Labute approximate surface area is 160 Å². The van der Waals surface area contributed by atoms with E-state index in [1.807, 2.05) is 4.90 Å². The van der Waals surface area contributed by atoms with Crippen molar-refractivity contribution in [2.45, 2.75) is 56.5 Å². The Kier molecular flexibility index (Phi) is 5.58. The molecule has 2 aliphatic heterocycles. The zero-order valence-electron chi connectivity index (χ0n) is 15.7. The molecule has 0 radical (unpaired) electrons. The number of likely N-dealkylation sites (tertiary alicyclic amines) is 1. The summed E-state index contributed by atoms with van der Waals surface area (Å²) in [6, 6.07) is 5.74. The molecular formula is C19H26N2O5S. The van der Waals surface area contributed by atoms with E-state index in [1.54, 1.807) is 0 Å².